The van der Waals surface area contributed by atoms with Gasteiger partial charge in [0.05, 0.1) is 13.2 Å². The third-order valence-electron chi connectivity index (χ3n) is 4.21. The Morgan fingerprint density at radius 1 is 0.962 bits per heavy atom. The second-order valence-electron chi connectivity index (χ2n) is 6.01. The molecule has 0 saturated heterocycles. The summed E-state index contributed by atoms with van der Waals surface area (Å²) in [7, 11) is 0. The summed E-state index contributed by atoms with van der Waals surface area (Å²) in [5.74, 6) is -5.39. The first kappa shape index (κ1) is 20.0. The van der Waals surface area contributed by atoms with Crippen molar-refractivity contribution in [2.24, 2.45) is 0 Å². The van der Waals surface area contributed by atoms with Crippen molar-refractivity contribution in [2.45, 2.75) is 44.8 Å². The molecule has 0 aliphatic carbocycles. The number of halogens is 2. The zero-order valence-corrected chi connectivity index (χ0v) is 15.1. The third kappa shape index (κ3) is 4.10. The van der Waals surface area contributed by atoms with Crippen molar-refractivity contribution in [1.82, 2.24) is 0 Å². The topological polar surface area (TPSA) is 35.5 Å². The normalized spacial score (nSPS) is 13.8. The Balaban J connectivity index is 2.48. The SMILES string of the molecule is CCCC(OCc1ccccc1)(c1ccccc1)C(F)(F)C(=O)OCC. The van der Waals surface area contributed by atoms with E-state index in [0.29, 0.717) is 6.42 Å². The predicted octanol–water partition coefficient (Wildman–Crippen LogP) is 5.10. The highest BCUT2D eigenvalue weighted by molar-refractivity contribution is 5.79. The second-order valence-corrected chi connectivity index (χ2v) is 6.01. The largest absolute Gasteiger partial charge is 0.461 e. The van der Waals surface area contributed by atoms with Crippen molar-refractivity contribution in [2.75, 3.05) is 6.61 Å². The Kier molecular flexibility index (Phi) is 6.86. The van der Waals surface area contributed by atoms with Crippen LogP contribution < -0.4 is 0 Å². The van der Waals surface area contributed by atoms with E-state index in [1.54, 1.807) is 49.4 Å². The van der Waals surface area contributed by atoms with Gasteiger partial charge in [-0.25, -0.2) is 4.79 Å². The van der Waals surface area contributed by atoms with E-state index in [-0.39, 0.29) is 25.2 Å². The monoisotopic (exact) mass is 362 g/mol. The van der Waals surface area contributed by atoms with E-state index >= 15 is 8.78 Å². The highest BCUT2D eigenvalue weighted by atomic mass is 19.3. The van der Waals surface area contributed by atoms with Crippen LogP contribution in [-0.4, -0.2) is 18.5 Å². The van der Waals surface area contributed by atoms with Gasteiger partial charge in [-0.2, -0.15) is 8.78 Å². The van der Waals surface area contributed by atoms with Gasteiger partial charge < -0.3 is 9.47 Å². The first-order chi connectivity index (χ1) is 12.5. The van der Waals surface area contributed by atoms with Crippen LogP contribution in [0.1, 0.15) is 37.8 Å². The zero-order chi connectivity index (χ0) is 19.0. The number of carbonyl (C=O) groups is 1. The van der Waals surface area contributed by atoms with Crippen molar-refractivity contribution >= 4 is 5.97 Å². The summed E-state index contributed by atoms with van der Waals surface area (Å²) in [6.07, 6.45) is 0.397. The van der Waals surface area contributed by atoms with Gasteiger partial charge in [0, 0.05) is 0 Å². The quantitative estimate of drug-likeness (QED) is 0.583. The van der Waals surface area contributed by atoms with Crippen LogP contribution in [0.4, 0.5) is 8.78 Å². The van der Waals surface area contributed by atoms with E-state index < -0.39 is 17.5 Å². The van der Waals surface area contributed by atoms with Gasteiger partial charge in [-0.05, 0) is 24.5 Å². The van der Waals surface area contributed by atoms with Crippen LogP contribution in [0.2, 0.25) is 0 Å². The molecule has 0 aromatic heterocycles. The predicted molar refractivity (Wildman–Crippen MR) is 95.8 cm³/mol. The summed E-state index contributed by atoms with van der Waals surface area (Å²) in [4.78, 5) is 12.1. The number of alkyl halides is 2. The minimum atomic E-state index is -3.82. The van der Waals surface area contributed by atoms with E-state index in [9.17, 15) is 4.79 Å². The number of ether oxygens (including phenoxy) is 2. The van der Waals surface area contributed by atoms with Crippen LogP contribution >= 0.6 is 0 Å². The molecule has 140 valence electrons. The summed E-state index contributed by atoms with van der Waals surface area (Å²) in [5.41, 5.74) is -1.08. The van der Waals surface area contributed by atoms with E-state index in [2.05, 4.69) is 4.74 Å². The van der Waals surface area contributed by atoms with Crippen molar-refractivity contribution in [3.05, 3.63) is 71.8 Å². The van der Waals surface area contributed by atoms with Gasteiger partial charge in [-0.3, -0.25) is 0 Å². The van der Waals surface area contributed by atoms with E-state index in [0.717, 1.165) is 5.56 Å². The lowest BCUT2D eigenvalue weighted by molar-refractivity contribution is -0.238. The molecule has 26 heavy (non-hydrogen) atoms. The Morgan fingerprint density at radius 3 is 2.08 bits per heavy atom. The summed E-state index contributed by atoms with van der Waals surface area (Å²) < 4.78 is 41.1. The molecule has 5 heteroatoms. The molecule has 2 rings (SSSR count). The molecule has 0 N–H and O–H groups in total. The summed E-state index contributed by atoms with van der Waals surface area (Å²) >= 11 is 0. The van der Waals surface area contributed by atoms with Gasteiger partial charge in [0.25, 0.3) is 0 Å². The summed E-state index contributed by atoms with van der Waals surface area (Å²) in [6, 6.07) is 17.2. The standard InChI is InChI=1S/C21H24F2O3/c1-3-15-20(18-13-9-6-10-14-18,21(22,23)19(24)25-4-2)26-16-17-11-7-5-8-12-17/h5-14H,3-4,15-16H2,1-2H3. The number of rotatable bonds is 9. The van der Waals surface area contributed by atoms with E-state index in [4.69, 9.17) is 4.74 Å². The number of benzene rings is 2. The third-order valence-corrected chi connectivity index (χ3v) is 4.21. The molecule has 0 heterocycles. The molecule has 0 spiro atoms. The molecule has 3 nitrogen and oxygen atoms in total. The van der Waals surface area contributed by atoms with Gasteiger partial charge in [0.1, 0.15) is 0 Å². The molecule has 0 bridgehead atoms. The molecule has 2 aromatic carbocycles. The van der Waals surface area contributed by atoms with Crippen LogP contribution in [0, 0.1) is 0 Å². The van der Waals surface area contributed by atoms with Crippen LogP contribution in [0.15, 0.2) is 60.7 Å². The maximum absolute atomic E-state index is 15.3. The minimum Gasteiger partial charge on any atom is -0.461 e. The average molecular weight is 362 g/mol. The highest BCUT2D eigenvalue weighted by Crippen LogP contribution is 2.46. The Hall–Kier alpha value is -2.27. The Morgan fingerprint density at radius 2 is 1.54 bits per heavy atom. The molecule has 1 unspecified atom stereocenters. The van der Waals surface area contributed by atoms with Crippen molar-refractivity contribution in [3.8, 4) is 0 Å². The number of hydrogen-bond donors (Lipinski definition) is 0. The van der Waals surface area contributed by atoms with E-state index in [1.165, 1.54) is 6.92 Å². The molecule has 1 atom stereocenters. The molecule has 0 fully saturated rings. The average Bonchev–Trinajstić information content (AvgIpc) is 2.66. The maximum Gasteiger partial charge on any atom is 0.380 e. The number of hydrogen-bond acceptors (Lipinski definition) is 3. The summed E-state index contributed by atoms with van der Waals surface area (Å²) in [5, 5.41) is 0. The second kappa shape index (κ2) is 8.90. The molecule has 0 radical (unpaired) electrons. The van der Waals surface area contributed by atoms with Crippen LogP contribution in [0.5, 0.6) is 0 Å². The first-order valence-corrected chi connectivity index (χ1v) is 8.76. The lowest BCUT2D eigenvalue weighted by Crippen LogP contribution is -2.53. The van der Waals surface area contributed by atoms with Crippen molar-refractivity contribution in [3.63, 3.8) is 0 Å². The molecule has 0 aliphatic heterocycles. The molecule has 0 saturated carbocycles. The van der Waals surface area contributed by atoms with Crippen LogP contribution in [0.25, 0.3) is 0 Å². The van der Waals surface area contributed by atoms with Crippen LogP contribution in [-0.2, 0) is 26.5 Å². The maximum atomic E-state index is 15.3. The lowest BCUT2D eigenvalue weighted by Gasteiger charge is -2.39. The highest BCUT2D eigenvalue weighted by Gasteiger charge is 2.62. The lowest BCUT2D eigenvalue weighted by atomic mass is 9.82. The Bertz CT molecular complexity index is 689. The Labute approximate surface area is 152 Å². The fourth-order valence-corrected chi connectivity index (χ4v) is 2.96. The first-order valence-electron chi connectivity index (χ1n) is 8.76. The zero-order valence-electron chi connectivity index (χ0n) is 15.1. The number of esters is 1. The van der Waals surface area contributed by atoms with Crippen LogP contribution in [0.3, 0.4) is 0 Å². The fraction of sp³-hybridized carbons (Fsp3) is 0.381. The number of carbonyl (C=O) groups excluding carboxylic acids is 1. The molecule has 0 aliphatic rings. The van der Waals surface area contributed by atoms with E-state index in [1.807, 2.05) is 18.2 Å². The van der Waals surface area contributed by atoms with Gasteiger partial charge in [0.2, 0.25) is 0 Å². The summed E-state index contributed by atoms with van der Waals surface area (Å²) in [6.45, 7) is 3.13. The van der Waals surface area contributed by atoms with Crippen molar-refractivity contribution < 1.29 is 23.0 Å². The van der Waals surface area contributed by atoms with Gasteiger partial charge >= 0.3 is 11.9 Å². The molecule has 2 aromatic rings. The smallest absolute Gasteiger partial charge is 0.380 e. The van der Waals surface area contributed by atoms with Gasteiger partial charge in [-0.1, -0.05) is 74.0 Å². The molecular formula is C21H24F2O3. The molecule has 0 amide bonds. The van der Waals surface area contributed by atoms with Crippen molar-refractivity contribution in [1.29, 1.82) is 0 Å². The van der Waals surface area contributed by atoms with Gasteiger partial charge in [-0.15, -0.1) is 0 Å². The van der Waals surface area contributed by atoms with Gasteiger partial charge in [0.15, 0.2) is 5.60 Å². The minimum absolute atomic E-state index is 0.0182. The molecular weight excluding hydrogens is 338 g/mol. The fourth-order valence-electron chi connectivity index (χ4n) is 2.96.